The van der Waals surface area contributed by atoms with Gasteiger partial charge in [0.05, 0.1) is 17.2 Å². The molecule has 0 bridgehead atoms. The Labute approximate surface area is 148 Å². The van der Waals surface area contributed by atoms with Gasteiger partial charge in [-0.3, -0.25) is 4.79 Å². The maximum atomic E-state index is 12.6. The Hall–Kier alpha value is -2.54. The molecule has 7 heteroatoms. The molecule has 138 valence electrons. The molecule has 1 atom stereocenters. The summed E-state index contributed by atoms with van der Waals surface area (Å²) >= 11 is 0. The topological polar surface area (TPSA) is 47.6 Å². The third kappa shape index (κ3) is 4.54. The quantitative estimate of drug-likeness (QED) is 0.848. The van der Waals surface area contributed by atoms with E-state index < -0.39 is 17.6 Å². The summed E-state index contributed by atoms with van der Waals surface area (Å²) in [5.74, 6) is -0.0416. The van der Waals surface area contributed by atoms with E-state index in [2.05, 4.69) is 5.32 Å². The number of para-hydroxylation sites is 1. The third-order valence-corrected chi connectivity index (χ3v) is 4.05. The lowest BCUT2D eigenvalue weighted by atomic mass is 10.1. The first-order valence-corrected chi connectivity index (χ1v) is 8.25. The van der Waals surface area contributed by atoms with Gasteiger partial charge in [-0.15, -0.1) is 0 Å². The van der Waals surface area contributed by atoms with Crippen molar-refractivity contribution in [2.24, 2.45) is 0 Å². The van der Waals surface area contributed by atoms with Gasteiger partial charge in [0.25, 0.3) is 5.91 Å². The van der Waals surface area contributed by atoms with Crippen molar-refractivity contribution in [2.45, 2.75) is 25.1 Å². The van der Waals surface area contributed by atoms with E-state index in [9.17, 15) is 18.0 Å². The van der Waals surface area contributed by atoms with E-state index in [1.807, 2.05) is 0 Å². The fourth-order valence-electron chi connectivity index (χ4n) is 2.68. The fraction of sp³-hybridized carbons (Fsp3) is 0.316. The first-order chi connectivity index (χ1) is 12.4. The minimum atomic E-state index is -4.41. The molecule has 26 heavy (non-hydrogen) atoms. The molecule has 1 N–H and O–H groups in total. The maximum absolute atomic E-state index is 12.6. The summed E-state index contributed by atoms with van der Waals surface area (Å²) in [6.45, 7) is 1.06. The van der Waals surface area contributed by atoms with Crippen molar-refractivity contribution in [3.8, 4) is 5.75 Å². The van der Waals surface area contributed by atoms with Gasteiger partial charge < -0.3 is 14.8 Å². The molecule has 1 saturated heterocycles. The molecule has 0 aromatic heterocycles. The maximum Gasteiger partial charge on any atom is 0.416 e. The van der Waals surface area contributed by atoms with E-state index in [4.69, 9.17) is 9.47 Å². The van der Waals surface area contributed by atoms with Gasteiger partial charge in [-0.05, 0) is 49.2 Å². The van der Waals surface area contributed by atoms with E-state index in [0.29, 0.717) is 24.5 Å². The number of anilines is 1. The highest BCUT2D eigenvalue weighted by molar-refractivity contribution is 6.06. The fourth-order valence-corrected chi connectivity index (χ4v) is 2.68. The first-order valence-electron chi connectivity index (χ1n) is 8.25. The molecule has 0 saturated carbocycles. The van der Waals surface area contributed by atoms with Crippen LogP contribution in [0.15, 0.2) is 48.5 Å². The third-order valence-electron chi connectivity index (χ3n) is 4.05. The van der Waals surface area contributed by atoms with Crippen molar-refractivity contribution in [1.82, 2.24) is 0 Å². The average molecular weight is 365 g/mol. The number of benzene rings is 2. The number of carbonyl (C=O) groups is 1. The summed E-state index contributed by atoms with van der Waals surface area (Å²) in [5.41, 5.74) is -0.182. The molecule has 4 nitrogen and oxygen atoms in total. The van der Waals surface area contributed by atoms with Gasteiger partial charge in [-0.1, -0.05) is 12.1 Å². The van der Waals surface area contributed by atoms with Crippen LogP contribution >= 0.6 is 0 Å². The lowest BCUT2D eigenvalue weighted by Gasteiger charge is -2.15. The number of nitrogens with one attached hydrogen (secondary N) is 1. The summed E-state index contributed by atoms with van der Waals surface area (Å²) in [5, 5.41) is 2.59. The number of halogens is 3. The lowest BCUT2D eigenvalue weighted by molar-refractivity contribution is -0.137. The van der Waals surface area contributed by atoms with Gasteiger partial charge in [0, 0.05) is 12.3 Å². The molecule has 1 aliphatic heterocycles. The lowest BCUT2D eigenvalue weighted by Crippen LogP contribution is -2.19. The van der Waals surface area contributed by atoms with Gasteiger partial charge in [0.2, 0.25) is 0 Å². The molecule has 0 unspecified atom stereocenters. The zero-order valence-electron chi connectivity index (χ0n) is 13.9. The smallest absolute Gasteiger partial charge is 0.416 e. The Morgan fingerprint density at radius 3 is 2.54 bits per heavy atom. The number of ether oxygens (including phenoxy) is 2. The van der Waals surface area contributed by atoms with Crippen LogP contribution in [0, 0.1) is 0 Å². The second-order valence-electron chi connectivity index (χ2n) is 5.97. The molecule has 1 fully saturated rings. The molecule has 0 radical (unpaired) electrons. The number of hydrogen-bond donors (Lipinski definition) is 1. The minimum absolute atomic E-state index is 0.0148. The molecule has 3 rings (SSSR count). The van der Waals surface area contributed by atoms with E-state index in [1.165, 1.54) is 12.1 Å². The van der Waals surface area contributed by atoms with Crippen LogP contribution in [0.4, 0.5) is 18.9 Å². The number of alkyl halides is 3. The second kappa shape index (κ2) is 7.78. The Morgan fingerprint density at radius 1 is 1.15 bits per heavy atom. The molecular formula is C19H18F3NO3. The zero-order chi connectivity index (χ0) is 18.6. The Morgan fingerprint density at radius 2 is 1.88 bits per heavy atom. The van der Waals surface area contributed by atoms with Crippen LogP contribution in [0.2, 0.25) is 0 Å². The molecule has 1 amide bonds. The normalized spacial score (nSPS) is 17.1. The Balaban J connectivity index is 1.67. The minimum Gasteiger partial charge on any atom is -0.490 e. The molecule has 2 aromatic rings. The van der Waals surface area contributed by atoms with Crippen molar-refractivity contribution in [3.05, 3.63) is 59.7 Å². The highest BCUT2D eigenvalue weighted by Gasteiger charge is 2.30. The van der Waals surface area contributed by atoms with Crippen molar-refractivity contribution < 1.29 is 27.4 Å². The van der Waals surface area contributed by atoms with Crippen LogP contribution in [-0.2, 0) is 10.9 Å². The average Bonchev–Trinajstić information content (AvgIpc) is 3.13. The van der Waals surface area contributed by atoms with Gasteiger partial charge in [0.1, 0.15) is 12.4 Å². The highest BCUT2D eigenvalue weighted by Crippen LogP contribution is 2.30. The van der Waals surface area contributed by atoms with Gasteiger partial charge in [-0.2, -0.15) is 13.2 Å². The van der Waals surface area contributed by atoms with Crippen molar-refractivity contribution in [2.75, 3.05) is 18.5 Å². The molecule has 0 spiro atoms. The number of carbonyl (C=O) groups excluding carboxylic acids is 1. The van der Waals surface area contributed by atoms with Crippen LogP contribution in [0.1, 0.15) is 28.8 Å². The standard InChI is InChI=1S/C19H18F3NO3/c20-19(21,22)13-7-9-14(10-8-13)23-18(24)16-5-1-2-6-17(16)26-12-15-4-3-11-25-15/h1-2,5-10,15H,3-4,11-12H2,(H,23,24)/t15-/m1/s1. The van der Waals surface area contributed by atoms with E-state index in [0.717, 1.165) is 25.0 Å². The van der Waals surface area contributed by atoms with Crippen molar-refractivity contribution >= 4 is 11.6 Å². The summed E-state index contributed by atoms with van der Waals surface area (Å²) < 4.78 is 49.0. The summed E-state index contributed by atoms with van der Waals surface area (Å²) in [4.78, 5) is 12.5. The number of hydrogen-bond acceptors (Lipinski definition) is 3. The van der Waals surface area contributed by atoms with Crippen LogP contribution in [0.25, 0.3) is 0 Å². The molecule has 0 aliphatic carbocycles. The summed E-state index contributed by atoms with van der Waals surface area (Å²) in [6.07, 6.45) is -2.49. The predicted octanol–water partition coefficient (Wildman–Crippen LogP) is 4.52. The second-order valence-corrected chi connectivity index (χ2v) is 5.97. The van der Waals surface area contributed by atoms with Crippen LogP contribution in [0.3, 0.4) is 0 Å². The Bertz CT molecular complexity index is 753. The number of amides is 1. The van der Waals surface area contributed by atoms with Crippen LogP contribution in [0.5, 0.6) is 5.75 Å². The SMILES string of the molecule is O=C(Nc1ccc(C(F)(F)F)cc1)c1ccccc1OC[C@H]1CCCO1. The summed E-state index contributed by atoms with van der Waals surface area (Å²) in [7, 11) is 0. The number of rotatable bonds is 5. The molecular weight excluding hydrogens is 347 g/mol. The van der Waals surface area contributed by atoms with Gasteiger partial charge in [0.15, 0.2) is 0 Å². The first kappa shape index (κ1) is 18.3. The van der Waals surface area contributed by atoms with Crippen molar-refractivity contribution in [1.29, 1.82) is 0 Å². The van der Waals surface area contributed by atoms with E-state index in [1.54, 1.807) is 24.3 Å². The zero-order valence-corrected chi connectivity index (χ0v) is 13.9. The van der Waals surface area contributed by atoms with E-state index in [-0.39, 0.29) is 11.8 Å². The van der Waals surface area contributed by atoms with Gasteiger partial charge in [-0.25, -0.2) is 0 Å². The predicted molar refractivity (Wildman–Crippen MR) is 90.3 cm³/mol. The highest BCUT2D eigenvalue weighted by atomic mass is 19.4. The van der Waals surface area contributed by atoms with Crippen LogP contribution in [-0.4, -0.2) is 25.2 Å². The molecule has 1 heterocycles. The largest absolute Gasteiger partial charge is 0.490 e. The monoisotopic (exact) mass is 365 g/mol. The molecule has 2 aromatic carbocycles. The van der Waals surface area contributed by atoms with Gasteiger partial charge >= 0.3 is 6.18 Å². The molecule has 1 aliphatic rings. The van der Waals surface area contributed by atoms with Crippen LogP contribution < -0.4 is 10.1 Å². The van der Waals surface area contributed by atoms with Crippen molar-refractivity contribution in [3.63, 3.8) is 0 Å². The Kier molecular flexibility index (Phi) is 5.46. The van der Waals surface area contributed by atoms with E-state index >= 15 is 0 Å². The summed E-state index contributed by atoms with van der Waals surface area (Å²) in [6, 6.07) is 11.0.